The molecule has 0 bridgehead atoms. The first-order valence-corrected chi connectivity index (χ1v) is 11.5. The molecule has 1 heterocycles. The van der Waals surface area contributed by atoms with Gasteiger partial charge in [-0.15, -0.1) is 0 Å². The highest BCUT2D eigenvalue weighted by molar-refractivity contribution is 5.76. The van der Waals surface area contributed by atoms with Crippen LogP contribution >= 0.6 is 0 Å². The molecule has 11 heteroatoms. The zero-order valence-electron chi connectivity index (χ0n) is 21.0. The van der Waals surface area contributed by atoms with Gasteiger partial charge in [0, 0.05) is 39.3 Å². The van der Waals surface area contributed by atoms with Crippen molar-refractivity contribution in [2.24, 2.45) is 0 Å². The first kappa shape index (κ1) is 27.4. The van der Waals surface area contributed by atoms with E-state index < -0.39 is 35.0 Å². The maximum absolute atomic E-state index is 14.4. The van der Waals surface area contributed by atoms with E-state index in [9.17, 15) is 22.4 Å². The highest BCUT2D eigenvalue weighted by Crippen LogP contribution is 2.47. The van der Waals surface area contributed by atoms with E-state index in [1.54, 1.807) is 32.7 Å². The number of nitrogen functional groups attached to an aromatic ring is 1. The molecule has 1 aliphatic rings. The molecule has 198 valence electrons. The molecule has 2 aromatic carbocycles. The molecule has 0 spiro atoms. The maximum Gasteiger partial charge on any atom is 0.422 e. The fourth-order valence-electron chi connectivity index (χ4n) is 4.01. The van der Waals surface area contributed by atoms with Crippen LogP contribution in [0.15, 0.2) is 36.4 Å². The second kappa shape index (κ2) is 10.4. The molecule has 7 nitrogen and oxygen atoms in total. The summed E-state index contributed by atoms with van der Waals surface area (Å²) < 4.78 is 68.0. The number of carbonyl (C=O) groups excluding carboxylic acids is 1. The second-order valence-electron chi connectivity index (χ2n) is 9.85. The van der Waals surface area contributed by atoms with Gasteiger partial charge in [-0.1, -0.05) is 12.1 Å². The number of alkyl halides is 3. The Labute approximate surface area is 208 Å². The Morgan fingerprint density at radius 1 is 1.11 bits per heavy atom. The lowest BCUT2D eigenvalue weighted by molar-refractivity contribution is -0.138. The number of nitrogens with two attached hydrogens (primary N) is 1. The Morgan fingerprint density at radius 3 is 2.39 bits per heavy atom. The Morgan fingerprint density at radius 2 is 1.78 bits per heavy atom. The molecule has 3 rings (SSSR count). The van der Waals surface area contributed by atoms with Crippen LogP contribution in [0, 0.1) is 5.82 Å². The van der Waals surface area contributed by atoms with Gasteiger partial charge in [-0.25, -0.2) is 9.18 Å². The van der Waals surface area contributed by atoms with Gasteiger partial charge in [0.05, 0.1) is 11.4 Å². The van der Waals surface area contributed by atoms with Gasteiger partial charge in [0.2, 0.25) is 0 Å². The predicted molar refractivity (Wildman–Crippen MR) is 130 cm³/mol. The number of carbonyl (C=O) groups is 1. The lowest BCUT2D eigenvalue weighted by Crippen LogP contribution is -2.56. The summed E-state index contributed by atoms with van der Waals surface area (Å²) in [6.45, 7) is 6.36. The monoisotopic (exact) mass is 512 g/mol. The zero-order valence-corrected chi connectivity index (χ0v) is 21.0. The van der Waals surface area contributed by atoms with Crippen LogP contribution in [0.4, 0.5) is 33.7 Å². The summed E-state index contributed by atoms with van der Waals surface area (Å²) in [5.74, 6) is -1.65. The zero-order chi connectivity index (χ0) is 26.8. The minimum atomic E-state index is -4.82. The van der Waals surface area contributed by atoms with E-state index >= 15 is 0 Å². The molecule has 0 aromatic heterocycles. The summed E-state index contributed by atoms with van der Waals surface area (Å²) in [7, 11) is 3.43. The Hall–Kier alpha value is -3.21. The van der Waals surface area contributed by atoms with E-state index in [1.807, 2.05) is 11.9 Å². The third-order valence-electron chi connectivity index (χ3n) is 5.79. The minimum absolute atomic E-state index is 0.0768. The lowest BCUT2D eigenvalue weighted by Gasteiger charge is -2.43. The normalized spacial score (nSPS) is 17.1. The van der Waals surface area contributed by atoms with E-state index in [0.29, 0.717) is 6.54 Å². The number of rotatable bonds is 5. The van der Waals surface area contributed by atoms with Crippen molar-refractivity contribution < 1.29 is 31.8 Å². The van der Waals surface area contributed by atoms with Gasteiger partial charge in [0.25, 0.3) is 0 Å². The van der Waals surface area contributed by atoms with Crippen LogP contribution in [0.5, 0.6) is 11.5 Å². The number of hydrogen-bond donors (Lipinski definition) is 1. The van der Waals surface area contributed by atoms with Crippen molar-refractivity contribution in [3.05, 3.63) is 47.8 Å². The number of ether oxygens (including phenoxy) is 2. The van der Waals surface area contributed by atoms with Crippen LogP contribution < -0.4 is 15.4 Å². The average Bonchev–Trinajstić information content (AvgIpc) is 2.76. The molecule has 1 amide bonds. The van der Waals surface area contributed by atoms with Gasteiger partial charge >= 0.3 is 12.3 Å². The first-order chi connectivity index (χ1) is 16.7. The average molecular weight is 513 g/mol. The first-order valence-electron chi connectivity index (χ1n) is 11.5. The molecule has 1 atom stereocenters. The van der Waals surface area contributed by atoms with Gasteiger partial charge in [-0.05, 0) is 52.1 Å². The molecular formula is C25H32F4N4O3. The van der Waals surface area contributed by atoms with Crippen LogP contribution in [0.1, 0.15) is 26.3 Å². The number of piperazine rings is 1. The number of halogens is 4. The van der Waals surface area contributed by atoms with E-state index in [-0.39, 0.29) is 42.8 Å². The second-order valence-corrected chi connectivity index (χ2v) is 9.85. The van der Waals surface area contributed by atoms with Crippen molar-refractivity contribution in [2.45, 2.75) is 38.6 Å². The lowest BCUT2D eigenvalue weighted by atomic mass is 10.0. The molecule has 0 saturated carbocycles. The summed E-state index contributed by atoms with van der Waals surface area (Å²) in [5, 5.41) is 0. The van der Waals surface area contributed by atoms with Gasteiger partial charge in [-0.3, -0.25) is 4.90 Å². The van der Waals surface area contributed by atoms with Gasteiger partial charge in [0.1, 0.15) is 16.9 Å². The fourth-order valence-corrected chi connectivity index (χ4v) is 4.01. The van der Waals surface area contributed by atoms with Crippen LogP contribution in [0.2, 0.25) is 0 Å². The van der Waals surface area contributed by atoms with Crippen molar-refractivity contribution in [3.63, 3.8) is 0 Å². The van der Waals surface area contributed by atoms with E-state index in [2.05, 4.69) is 0 Å². The summed E-state index contributed by atoms with van der Waals surface area (Å²) in [6.07, 6.45) is -5.35. The van der Waals surface area contributed by atoms with Crippen molar-refractivity contribution in [1.82, 2.24) is 9.80 Å². The number of hydrogen-bond acceptors (Lipinski definition) is 6. The molecule has 1 fully saturated rings. The number of likely N-dealkylation sites (N-methyl/N-ethyl adjacent to an activating group) is 2. The highest BCUT2D eigenvalue weighted by Gasteiger charge is 2.41. The number of nitrogens with zero attached hydrogens (tertiary/aromatic N) is 3. The highest BCUT2D eigenvalue weighted by atomic mass is 19.4. The molecule has 36 heavy (non-hydrogen) atoms. The van der Waals surface area contributed by atoms with Crippen molar-refractivity contribution in [3.8, 4) is 11.5 Å². The van der Waals surface area contributed by atoms with E-state index in [0.717, 1.165) is 12.1 Å². The van der Waals surface area contributed by atoms with Gasteiger partial charge in [-0.2, -0.15) is 13.2 Å². The number of para-hydroxylation sites is 1. The standard InChI is InChI=1S/C25H32F4N4O3/c1-24(2,3)36-23(34)32(5)14-16-15-33(13-12-31(16)4)22-18(30)10-11-20(21(22)25(27,28)29)35-19-9-7-6-8-17(19)26/h6-11,16H,12-15,30H2,1-5H3/t16-/m0/s1. The molecule has 0 aliphatic carbocycles. The van der Waals surface area contributed by atoms with Crippen molar-refractivity contribution in [2.75, 3.05) is 50.9 Å². The summed E-state index contributed by atoms with van der Waals surface area (Å²) in [4.78, 5) is 17.4. The Balaban J connectivity index is 1.93. The fraction of sp³-hybridized carbons (Fsp3) is 0.480. The third kappa shape index (κ3) is 6.51. The number of anilines is 2. The smallest absolute Gasteiger partial charge is 0.422 e. The molecule has 0 radical (unpaired) electrons. The molecule has 2 N–H and O–H groups in total. The SMILES string of the molecule is CN(C[C@H]1CN(c2c(N)ccc(Oc3ccccc3F)c2C(F)(F)F)CCN1C)C(=O)OC(C)(C)C. The number of amides is 1. The van der Waals surface area contributed by atoms with E-state index in [1.165, 1.54) is 29.2 Å². The molecule has 0 unspecified atom stereocenters. The molecule has 1 aliphatic heterocycles. The Kier molecular flexibility index (Phi) is 7.92. The summed E-state index contributed by atoms with van der Waals surface area (Å²) in [6, 6.07) is 7.36. The van der Waals surface area contributed by atoms with Gasteiger partial charge < -0.3 is 25.0 Å². The third-order valence-corrected chi connectivity index (χ3v) is 5.79. The van der Waals surface area contributed by atoms with Crippen LogP contribution in [-0.2, 0) is 10.9 Å². The van der Waals surface area contributed by atoms with Crippen molar-refractivity contribution >= 4 is 17.5 Å². The van der Waals surface area contributed by atoms with Crippen molar-refractivity contribution in [1.29, 1.82) is 0 Å². The number of benzene rings is 2. The maximum atomic E-state index is 14.4. The summed E-state index contributed by atoms with van der Waals surface area (Å²) >= 11 is 0. The largest absolute Gasteiger partial charge is 0.454 e. The minimum Gasteiger partial charge on any atom is -0.454 e. The quantitative estimate of drug-likeness (QED) is 0.438. The molecule has 1 saturated heterocycles. The van der Waals surface area contributed by atoms with Gasteiger partial charge in [0.15, 0.2) is 11.6 Å². The topological polar surface area (TPSA) is 71.3 Å². The molecular weight excluding hydrogens is 480 g/mol. The van der Waals surface area contributed by atoms with Crippen LogP contribution in [0.25, 0.3) is 0 Å². The Bertz CT molecular complexity index is 1090. The van der Waals surface area contributed by atoms with Crippen LogP contribution in [0.3, 0.4) is 0 Å². The predicted octanol–water partition coefficient (Wildman–Crippen LogP) is 5.21. The summed E-state index contributed by atoms with van der Waals surface area (Å²) in [5.41, 5.74) is 4.02. The van der Waals surface area contributed by atoms with Crippen LogP contribution in [-0.4, -0.2) is 67.8 Å². The molecule has 2 aromatic rings. The van der Waals surface area contributed by atoms with E-state index in [4.69, 9.17) is 15.2 Å².